The third-order valence-electron chi connectivity index (χ3n) is 2.99. The Morgan fingerprint density at radius 2 is 1.09 bits per heavy atom. The summed E-state index contributed by atoms with van der Waals surface area (Å²) in [6, 6.07) is 0. The van der Waals surface area contributed by atoms with Gasteiger partial charge in [0.15, 0.2) is 0 Å². The van der Waals surface area contributed by atoms with Crippen molar-refractivity contribution in [2.24, 2.45) is 0 Å². The van der Waals surface area contributed by atoms with Crippen LogP contribution < -0.4 is 0 Å². The molecule has 0 bridgehead atoms. The fraction of sp³-hybridized carbons (Fsp3) is 0.833. The highest BCUT2D eigenvalue weighted by atomic mass is 19.4. The van der Waals surface area contributed by atoms with Gasteiger partial charge in [-0.05, 0) is 13.3 Å². The Bertz CT molecular complexity index is 416. The summed E-state index contributed by atoms with van der Waals surface area (Å²) < 4.78 is 132. The predicted octanol–water partition coefficient (Wildman–Crippen LogP) is 4.90. The van der Waals surface area contributed by atoms with Gasteiger partial charge in [0.2, 0.25) is 0 Å². The number of alkyl halides is 10. The molecule has 0 aromatic heterocycles. The lowest BCUT2D eigenvalue weighted by Crippen LogP contribution is -2.67. The minimum atomic E-state index is -7.04. The molecule has 0 unspecified atom stereocenters. The van der Waals surface area contributed by atoms with Crippen molar-refractivity contribution in [1.82, 2.24) is 0 Å². The number of hydrogen-bond acceptors (Lipinski definition) is 1. The zero-order valence-corrected chi connectivity index (χ0v) is 11.7. The SMILES string of the molecule is C/C=C/CCC(F)(F)C(F)(F)C(F)(F)C(F)(F)C(F)(F)CCO. The Labute approximate surface area is 125 Å². The van der Waals surface area contributed by atoms with E-state index in [0.717, 1.165) is 12.2 Å². The van der Waals surface area contributed by atoms with Crippen LogP contribution >= 0.6 is 0 Å². The van der Waals surface area contributed by atoms with Crippen LogP contribution in [0, 0.1) is 0 Å². The van der Waals surface area contributed by atoms with Crippen molar-refractivity contribution in [2.45, 2.75) is 55.8 Å². The second kappa shape index (κ2) is 6.86. The lowest BCUT2D eigenvalue weighted by Gasteiger charge is -2.39. The van der Waals surface area contributed by atoms with Gasteiger partial charge in [-0.3, -0.25) is 0 Å². The Morgan fingerprint density at radius 3 is 1.43 bits per heavy atom. The van der Waals surface area contributed by atoms with Crippen molar-refractivity contribution in [3.63, 3.8) is 0 Å². The zero-order chi connectivity index (χ0) is 18.7. The minimum Gasteiger partial charge on any atom is -0.396 e. The van der Waals surface area contributed by atoms with E-state index in [2.05, 4.69) is 0 Å². The summed E-state index contributed by atoms with van der Waals surface area (Å²) in [4.78, 5) is 0. The fourth-order valence-corrected chi connectivity index (χ4v) is 1.54. The molecule has 23 heavy (non-hydrogen) atoms. The molecule has 138 valence electrons. The Balaban J connectivity index is 5.76. The molecular weight excluding hydrogens is 350 g/mol. The van der Waals surface area contributed by atoms with Crippen molar-refractivity contribution in [3.8, 4) is 0 Å². The van der Waals surface area contributed by atoms with Crippen molar-refractivity contribution in [1.29, 1.82) is 0 Å². The summed E-state index contributed by atoms with van der Waals surface area (Å²) in [5.41, 5.74) is 0. The van der Waals surface area contributed by atoms with Gasteiger partial charge < -0.3 is 5.11 Å². The highest BCUT2D eigenvalue weighted by Gasteiger charge is 2.85. The van der Waals surface area contributed by atoms with E-state index in [1.807, 2.05) is 0 Å². The van der Waals surface area contributed by atoms with Gasteiger partial charge in [0, 0.05) is 19.4 Å². The van der Waals surface area contributed by atoms with Crippen molar-refractivity contribution >= 4 is 0 Å². The lowest BCUT2D eigenvalue weighted by atomic mass is 9.91. The van der Waals surface area contributed by atoms with Crippen LogP contribution in [0.25, 0.3) is 0 Å². The number of aliphatic hydroxyl groups is 1. The summed E-state index contributed by atoms with van der Waals surface area (Å²) in [6.07, 6.45) is -3.08. The van der Waals surface area contributed by atoms with Gasteiger partial charge in [0.25, 0.3) is 0 Å². The van der Waals surface area contributed by atoms with Crippen LogP contribution in [-0.4, -0.2) is 41.3 Å². The number of halogens is 10. The molecule has 0 saturated heterocycles. The van der Waals surface area contributed by atoms with Gasteiger partial charge in [0.1, 0.15) is 0 Å². The van der Waals surface area contributed by atoms with E-state index in [4.69, 9.17) is 5.11 Å². The van der Waals surface area contributed by atoms with Gasteiger partial charge >= 0.3 is 29.6 Å². The summed E-state index contributed by atoms with van der Waals surface area (Å²) in [6.45, 7) is -0.434. The van der Waals surface area contributed by atoms with Crippen molar-refractivity contribution < 1.29 is 49.0 Å². The Hall–Kier alpha value is -1.00. The minimum absolute atomic E-state index is 0.853. The van der Waals surface area contributed by atoms with E-state index in [-0.39, 0.29) is 0 Å². The van der Waals surface area contributed by atoms with E-state index < -0.39 is 55.5 Å². The number of aliphatic hydroxyl groups excluding tert-OH is 1. The molecule has 0 fully saturated rings. The quantitative estimate of drug-likeness (QED) is 0.456. The highest BCUT2D eigenvalue weighted by Crippen LogP contribution is 2.58. The Kier molecular flexibility index (Phi) is 6.56. The van der Waals surface area contributed by atoms with Gasteiger partial charge in [0.05, 0.1) is 0 Å². The zero-order valence-electron chi connectivity index (χ0n) is 11.7. The van der Waals surface area contributed by atoms with Gasteiger partial charge in [-0.25, -0.2) is 0 Å². The van der Waals surface area contributed by atoms with E-state index >= 15 is 0 Å². The Morgan fingerprint density at radius 1 is 0.696 bits per heavy atom. The first-order valence-corrected chi connectivity index (χ1v) is 6.23. The van der Waals surface area contributed by atoms with Crippen LogP contribution in [0.4, 0.5) is 43.9 Å². The molecule has 0 radical (unpaired) electrons. The van der Waals surface area contributed by atoms with Crippen LogP contribution in [0.1, 0.15) is 26.2 Å². The monoisotopic (exact) mass is 364 g/mol. The first-order valence-electron chi connectivity index (χ1n) is 6.23. The van der Waals surface area contributed by atoms with Crippen LogP contribution in [0.5, 0.6) is 0 Å². The maximum atomic E-state index is 13.3. The molecule has 0 aliphatic heterocycles. The molecule has 0 aromatic carbocycles. The largest absolute Gasteiger partial charge is 0.396 e. The molecule has 0 heterocycles. The normalized spacial score (nSPS) is 15.5. The summed E-state index contributed by atoms with van der Waals surface area (Å²) in [5.74, 6) is -32.0. The molecule has 0 rings (SSSR count). The molecule has 0 spiro atoms. The maximum Gasteiger partial charge on any atom is 0.384 e. The molecular formula is C12H14F10O. The number of allylic oxidation sites excluding steroid dienone is 2. The van der Waals surface area contributed by atoms with E-state index in [0.29, 0.717) is 0 Å². The van der Waals surface area contributed by atoms with Gasteiger partial charge in [-0.1, -0.05) is 12.2 Å². The molecule has 1 N–H and O–H groups in total. The third-order valence-corrected chi connectivity index (χ3v) is 2.99. The molecule has 11 heteroatoms. The molecule has 0 aromatic rings. The van der Waals surface area contributed by atoms with E-state index in [1.54, 1.807) is 0 Å². The second-order valence-corrected chi connectivity index (χ2v) is 4.71. The summed E-state index contributed by atoms with van der Waals surface area (Å²) in [7, 11) is 0. The topological polar surface area (TPSA) is 20.2 Å². The molecule has 0 amide bonds. The first-order chi connectivity index (χ1) is 10.1. The molecule has 0 aliphatic carbocycles. The summed E-state index contributed by atoms with van der Waals surface area (Å²) >= 11 is 0. The van der Waals surface area contributed by atoms with Gasteiger partial charge in [-0.15, -0.1) is 0 Å². The lowest BCUT2D eigenvalue weighted by molar-refractivity contribution is -0.402. The predicted molar refractivity (Wildman–Crippen MR) is 60.5 cm³/mol. The maximum absolute atomic E-state index is 13.3. The van der Waals surface area contributed by atoms with E-state index in [1.165, 1.54) is 6.92 Å². The number of hydrogen-bond donors (Lipinski definition) is 1. The van der Waals surface area contributed by atoms with Crippen molar-refractivity contribution in [3.05, 3.63) is 12.2 Å². The summed E-state index contributed by atoms with van der Waals surface area (Å²) in [5, 5.41) is 8.14. The average molecular weight is 364 g/mol. The first kappa shape index (κ1) is 22.0. The van der Waals surface area contributed by atoms with E-state index in [9.17, 15) is 43.9 Å². The molecule has 1 nitrogen and oxygen atoms in total. The average Bonchev–Trinajstić information content (AvgIpc) is 2.37. The van der Waals surface area contributed by atoms with Gasteiger partial charge in [-0.2, -0.15) is 43.9 Å². The third kappa shape index (κ3) is 3.74. The van der Waals surface area contributed by atoms with Crippen LogP contribution in [0.2, 0.25) is 0 Å². The van der Waals surface area contributed by atoms with Crippen LogP contribution in [0.15, 0.2) is 12.2 Å². The molecule has 0 atom stereocenters. The number of rotatable bonds is 9. The second-order valence-electron chi connectivity index (χ2n) is 4.71. The van der Waals surface area contributed by atoms with Crippen LogP contribution in [0.3, 0.4) is 0 Å². The molecule has 0 saturated carbocycles. The van der Waals surface area contributed by atoms with Crippen LogP contribution in [-0.2, 0) is 0 Å². The standard InChI is InChI=1S/C12H14F10O/c1-2-3-4-5-8(13,14)10(17,18)12(21,22)11(19,20)9(15,16)6-7-23/h2-3,23H,4-7H2,1H3/b3-2+. The van der Waals surface area contributed by atoms with Crippen molar-refractivity contribution in [2.75, 3.05) is 6.61 Å². The fourth-order valence-electron chi connectivity index (χ4n) is 1.54. The smallest absolute Gasteiger partial charge is 0.384 e. The molecule has 0 aliphatic rings. The highest BCUT2D eigenvalue weighted by molar-refractivity contribution is 5.08.